The lowest BCUT2D eigenvalue weighted by Crippen LogP contribution is -2.08. The molecule has 2 N–H and O–H groups in total. The molecule has 0 saturated carbocycles. The maximum Gasteiger partial charge on any atom is 0.358 e. The smallest absolute Gasteiger partial charge is 0.358 e. The molecule has 4 heteroatoms. The van der Waals surface area contributed by atoms with Gasteiger partial charge in [-0.1, -0.05) is 24.3 Å². The van der Waals surface area contributed by atoms with E-state index in [-0.39, 0.29) is 5.69 Å². The number of hydrogen-bond donors (Lipinski definition) is 1. The molecule has 0 bridgehead atoms. The van der Waals surface area contributed by atoms with Crippen LogP contribution in [0.5, 0.6) is 0 Å². The van der Waals surface area contributed by atoms with E-state index in [0.717, 1.165) is 10.8 Å². The number of nitrogens with zero attached hydrogens (tertiary/aromatic N) is 1. The topological polar surface area (TPSA) is 65.2 Å². The van der Waals surface area contributed by atoms with Crippen molar-refractivity contribution in [2.75, 3.05) is 12.8 Å². The summed E-state index contributed by atoms with van der Waals surface area (Å²) in [6.45, 7) is 0. The number of carbonyl (C=O) groups is 1. The minimum atomic E-state index is -0.516. The monoisotopic (exact) mass is 202 g/mol. The zero-order valence-electron chi connectivity index (χ0n) is 8.23. The zero-order chi connectivity index (χ0) is 10.8. The SMILES string of the molecule is COC(=O)c1ncc2ccccc2c1N. The van der Waals surface area contributed by atoms with E-state index >= 15 is 0 Å². The van der Waals surface area contributed by atoms with E-state index in [9.17, 15) is 4.79 Å². The number of fused-ring (bicyclic) bond motifs is 1. The van der Waals surface area contributed by atoms with Gasteiger partial charge in [0.15, 0.2) is 5.69 Å². The largest absolute Gasteiger partial charge is 0.464 e. The van der Waals surface area contributed by atoms with Gasteiger partial charge in [-0.2, -0.15) is 0 Å². The van der Waals surface area contributed by atoms with E-state index in [1.807, 2.05) is 24.3 Å². The molecule has 0 atom stereocenters. The summed E-state index contributed by atoms with van der Waals surface area (Å²) in [5.74, 6) is -0.516. The molecule has 0 amide bonds. The molecule has 76 valence electrons. The molecule has 2 rings (SSSR count). The lowest BCUT2D eigenvalue weighted by atomic mass is 10.1. The van der Waals surface area contributed by atoms with Crippen molar-refractivity contribution in [3.63, 3.8) is 0 Å². The van der Waals surface area contributed by atoms with Crippen LogP contribution in [-0.4, -0.2) is 18.1 Å². The molecule has 1 aromatic heterocycles. The van der Waals surface area contributed by atoms with Crippen molar-refractivity contribution in [1.82, 2.24) is 4.98 Å². The Balaban J connectivity index is 2.70. The summed E-state index contributed by atoms with van der Waals surface area (Å²) in [4.78, 5) is 15.3. The molecule has 1 aromatic carbocycles. The standard InChI is InChI=1S/C11H10N2O2/c1-15-11(14)10-9(12)8-5-3-2-4-7(8)6-13-10/h2-6H,12H2,1H3. The number of anilines is 1. The quantitative estimate of drug-likeness (QED) is 0.713. The van der Waals surface area contributed by atoms with Crippen LogP contribution < -0.4 is 5.73 Å². The third-order valence-corrected chi connectivity index (χ3v) is 2.22. The highest BCUT2D eigenvalue weighted by molar-refractivity contribution is 6.03. The second-order valence-corrected chi connectivity index (χ2v) is 3.10. The molecule has 4 nitrogen and oxygen atoms in total. The summed E-state index contributed by atoms with van der Waals surface area (Å²) < 4.78 is 4.58. The van der Waals surface area contributed by atoms with Crippen LogP contribution in [0, 0.1) is 0 Å². The van der Waals surface area contributed by atoms with Crippen molar-refractivity contribution in [3.8, 4) is 0 Å². The van der Waals surface area contributed by atoms with E-state index in [0.29, 0.717) is 5.69 Å². The lowest BCUT2D eigenvalue weighted by molar-refractivity contribution is 0.0595. The van der Waals surface area contributed by atoms with E-state index in [4.69, 9.17) is 5.73 Å². The maximum absolute atomic E-state index is 11.3. The van der Waals surface area contributed by atoms with Crippen molar-refractivity contribution < 1.29 is 9.53 Å². The Hall–Kier alpha value is -2.10. The van der Waals surface area contributed by atoms with Crippen molar-refractivity contribution >= 4 is 22.4 Å². The number of pyridine rings is 1. The second kappa shape index (κ2) is 3.57. The first-order valence-corrected chi connectivity index (χ1v) is 4.45. The fraction of sp³-hybridized carbons (Fsp3) is 0.0909. The molecule has 0 radical (unpaired) electrons. The highest BCUT2D eigenvalue weighted by Crippen LogP contribution is 2.22. The van der Waals surface area contributed by atoms with Crippen LogP contribution in [0.4, 0.5) is 5.69 Å². The Morgan fingerprint density at radius 3 is 2.87 bits per heavy atom. The van der Waals surface area contributed by atoms with Gasteiger partial charge in [0.25, 0.3) is 0 Å². The van der Waals surface area contributed by atoms with Gasteiger partial charge in [0.1, 0.15) is 0 Å². The number of rotatable bonds is 1. The average molecular weight is 202 g/mol. The number of ether oxygens (including phenoxy) is 1. The van der Waals surface area contributed by atoms with Crippen LogP contribution in [0.15, 0.2) is 30.5 Å². The van der Waals surface area contributed by atoms with Gasteiger partial charge in [-0.3, -0.25) is 0 Å². The number of benzene rings is 1. The van der Waals surface area contributed by atoms with Crippen molar-refractivity contribution in [3.05, 3.63) is 36.2 Å². The molecule has 15 heavy (non-hydrogen) atoms. The summed E-state index contributed by atoms with van der Waals surface area (Å²) >= 11 is 0. The Morgan fingerprint density at radius 2 is 2.13 bits per heavy atom. The summed E-state index contributed by atoms with van der Waals surface area (Å²) in [5.41, 5.74) is 6.36. The van der Waals surface area contributed by atoms with Crippen molar-refractivity contribution in [2.24, 2.45) is 0 Å². The molecule has 0 aliphatic heterocycles. The molecular formula is C11H10N2O2. The van der Waals surface area contributed by atoms with Crippen LogP contribution in [0.25, 0.3) is 10.8 Å². The number of nitrogens with two attached hydrogens (primary N) is 1. The summed E-state index contributed by atoms with van der Waals surface area (Å²) in [6, 6.07) is 7.49. The van der Waals surface area contributed by atoms with Gasteiger partial charge in [-0.15, -0.1) is 0 Å². The van der Waals surface area contributed by atoms with Crippen LogP contribution in [0.1, 0.15) is 10.5 Å². The first-order chi connectivity index (χ1) is 7.24. The van der Waals surface area contributed by atoms with Crippen molar-refractivity contribution in [2.45, 2.75) is 0 Å². The third-order valence-electron chi connectivity index (χ3n) is 2.22. The maximum atomic E-state index is 11.3. The summed E-state index contributed by atoms with van der Waals surface area (Å²) in [5, 5.41) is 1.72. The molecule has 0 unspecified atom stereocenters. The highest BCUT2D eigenvalue weighted by atomic mass is 16.5. The minimum absolute atomic E-state index is 0.163. The predicted molar refractivity (Wildman–Crippen MR) is 57.5 cm³/mol. The normalized spacial score (nSPS) is 10.2. The fourth-order valence-corrected chi connectivity index (χ4v) is 1.45. The summed E-state index contributed by atoms with van der Waals surface area (Å²) in [7, 11) is 1.30. The van der Waals surface area contributed by atoms with E-state index in [1.54, 1.807) is 6.20 Å². The molecule has 0 aliphatic rings. The Morgan fingerprint density at radius 1 is 1.40 bits per heavy atom. The number of hydrogen-bond acceptors (Lipinski definition) is 4. The molecule has 2 aromatic rings. The van der Waals surface area contributed by atoms with E-state index in [1.165, 1.54) is 7.11 Å². The minimum Gasteiger partial charge on any atom is -0.464 e. The van der Waals surface area contributed by atoms with Gasteiger partial charge in [-0.05, 0) is 0 Å². The van der Waals surface area contributed by atoms with Gasteiger partial charge < -0.3 is 10.5 Å². The Labute approximate surface area is 86.7 Å². The zero-order valence-corrected chi connectivity index (χ0v) is 8.23. The van der Waals surface area contributed by atoms with Crippen LogP contribution in [0.3, 0.4) is 0 Å². The summed E-state index contributed by atoms with van der Waals surface area (Å²) in [6.07, 6.45) is 1.61. The van der Waals surface area contributed by atoms with Crippen molar-refractivity contribution in [1.29, 1.82) is 0 Å². The number of carbonyl (C=O) groups excluding carboxylic acids is 1. The van der Waals surface area contributed by atoms with Gasteiger partial charge in [0.2, 0.25) is 0 Å². The molecular weight excluding hydrogens is 192 g/mol. The average Bonchev–Trinajstić information content (AvgIpc) is 2.29. The predicted octanol–water partition coefficient (Wildman–Crippen LogP) is 1.60. The molecule has 1 heterocycles. The molecule has 0 spiro atoms. The van der Waals surface area contributed by atoms with Gasteiger partial charge in [-0.25, -0.2) is 9.78 Å². The van der Waals surface area contributed by atoms with Gasteiger partial charge >= 0.3 is 5.97 Å². The lowest BCUT2D eigenvalue weighted by Gasteiger charge is -2.05. The van der Waals surface area contributed by atoms with E-state index < -0.39 is 5.97 Å². The first-order valence-electron chi connectivity index (χ1n) is 4.45. The fourth-order valence-electron chi connectivity index (χ4n) is 1.45. The Bertz CT molecular complexity index is 523. The molecule has 0 saturated heterocycles. The van der Waals surface area contributed by atoms with Gasteiger partial charge in [0.05, 0.1) is 12.8 Å². The van der Waals surface area contributed by atoms with Gasteiger partial charge in [0, 0.05) is 17.0 Å². The first kappa shape index (κ1) is 9.45. The second-order valence-electron chi connectivity index (χ2n) is 3.10. The molecule has 0 aliphatic carbocycles. The Kier molecular flexibility index (Phi) is 2.25. The number of aromatic nitrogens is 1. The number of nitrogen functional groups attached to an aromatic ring is 1. The van der Waals surface area contributed by atoms with Crippen LogP contribution in [0.2, 0.25) is 0 Å². The number of esters is 1. The number of methoxy groups -OCH3 is 1. The van der Waals surface area contributed by atoms with E-state index in [2.05, 4.69) is 9.72 Å². The highest BCUT2D eigenvalue weighted by Gasteiger charge is 2.13. The van der Waals surface area contributed by atoms with Crippen LogP contribution >= 0.6 is 0 Å². The van der Waals surface area contributed by atoms with Crippen LogP contribution in [-0.2, 0) is 4.74 Å². The third kappa shape index (κ3) is 1.50. The molecule has 0 fully saturated rings.